The lowest BCUT2D eigenvalue weighted by molar-refractivity contribution is -0.149. The topological polar surface area (TPSA) is 71.8 Å². The maximum absolute atomic E-state index is 11.8. The molecule has 7 heteroatoms. The highest BCUT2D eigenvalue weighted by Gasteiger charge is 2.27. The number of carbonyl (C=O) groups excluding carboxylic acids is 1. The van der Waals surface area contributed by atoms with Crippen LogP contribution in [0.3, 0.4) is 0 Å². The molecular weight excluding hydrogens is 294 g/mol. The third-order valence-electron chi connectivity index (χ3n) is 4.06. The molecule has 7 nitrogen and oxygen atoms in total. The molecule has 0 bridgehead atoms. The van der Waals surface area contributed by atoms with Crippen LogP contribution in [0.4, 0.5) is 0 Å². The van der Waals surface area contributed by atoms with Gasteiger partial charge in [-0.2, -0.15) is 5.10 Å². The molecule has 1 aromatic heterocycles. The summed E-state index contributed by atoms with van der Waals surface area (Å²) in [6.45, 7) is 7.42. The molecule has 1 saturated heterocycles. The van der Waals surface area contributed by atoms with E-state index in [1.165, 1.54) is 0 Å². The first-order valence-corrected chi connectivity index (χ1v) is 8.32. The second-order valence-corrected chi connectivity index (χ2v) is 5.63. The normalized spacial score (nSPS) is 16.5. The number of esters is 1. The smallest absolute Gasteiger partial charge is 0.309 e. The van der Waals surface area contributed by atoms with Crippen LogP contribution >= 0.6 is 0 Å². The standard InChI is InChI=1S/C16H27N5O2/c1-4-17-16(18-12-14-6-9-19-20(14)3)21-10-7-13(8-11-21)15(22)23-5-2/h6,9,13H,4-5,7-8,10-12H2,1-3H3,(H,17,18). The van der Waals surface area contributed by atoms with E-state index < -0.39 is 0 Å². The first kappa shape index (κ1) is 17.3. The van der Waals surface area contributed by atoms with E-state index >= 15 is 0 Å². The van der Waals surface area contributed by atoms with E-state index in [-0.39, 0.29) is 11.9 Å². The van der Waals surface area contributed by atoms with Gasteiger partial charge in [0.05, 0.1) is 24.8 Å². The second kappa shape index (κ2) is 8.55. The molecule has 128 valence electrons. The Labute approximate surface area is 137 Å². The number of piperidine rings is 1. The number of aryl methyl sites for hydroxylation is 1. The zero-order valence-corrected chi connectivity index (χ0v) is 14.3. The Morgan fingerprint density at radius 3 is 2.74 bits per heavy atom. The van der Waals surface area contributed by atoms with Gasteiger partial charge in [0, 0.05) is 32.9 Å². The van der Waals surface area contributed by atoms with E-state index in [4.69, 9.17) is 9.73 Å². The number of carbonyl (C=O) groups is 1. The van der Waals surface area contributed by atoms with Gasteiger partial charge in [-0.05, 0) is 32.8 Å². The minimum absolute atomic E-state index is 0.0196. The number of aliphatic imine (C=N–C) groups is 1. The number of nitrogens with zero attached hydrogens (tertiary/aromatic N) is 4. The summed E-state index contributed by atoms with van der Waals surface area (Å²) < 4.78 is 6.95. The monoisotopic (exact) mass is 321 g/mol. The summed E-state index contributed by atoms with van der Waals surface area (Å²) in [5.74, 6) is 0.853. The maximum Gasteiger partial charge on any atom is 0.309 e. The van der Waals surface area contributed by atoms with Gasteiger partial charge in [0.2, 0.25) is 0 Å². The van der Waals surface area contributed by atoms with Gasteiger partial charge in [-0.25, -0.2) is 4.99 Å². The fourth-order valence-corrected chi connectivity index (χ4v) is 2.73. The lowest BCUT2D eigenvalue weighted by Crippen LogP contribution is -2.46. The van der Waals surface area contributed by atoms with Gasteiger partial charge >= 0.3 is 5.97 Å². The Morgan fingerprint density at radius 1 is 1.43 bits per heavy atom. The van der Waals surface area contributed by atoms with Gasteiger partial charge in [-0.1, -0.05) is 0 Å². The highest BCUT2D eigenvalue weighted by Crippen LogP contribution is 2.19. The van der Waals surface area contributed by atoms with Crippen LogP contribution < -0.4 is 5.32 Å². The lowest BCUT2D eigenvalue weighted by atomic mass is 9.97. The molecule has 0 radical (unpaired) electrons. The van der Waals surface area contributed by atoms with Crippen LogP contribution in [-0.4, -0.2) is 52.9 Å². The van der Waals surface area contributed by atoms with Gasteiger partial charge in [-0.3, -0.25) is 9.48 Å². The predicted octanol–water partition coefficient (Wildman–Crippen LogP) is 1.16. The molecule has 0 spiro atoms. The Hall–Kier alpha value is -2.05. The molecule has 1 aromatic rings. The number of ether oxygens (including phenoxy) is 1. The van der Waals surface area contributed by atoms with Crippen molar-refractivity contribution in [1.29, 1.82) is 0 Å². The van der Waals surface area contributed by atoms with Crippen molar-refractivity contribution < 1.29 is 9.53 Å². The summed E-state index contributed by atoms with van der Waals surface area (Å²) in [5, 5.41) is 7.50. The molecule has 2 rings (SSSR count). The average molecular weight is 321 g/mol. The van der Waals surface area contributed by atoms with Crippen molar-refractivity contribution in [2.75, 3.05) is 26.2 Å². The van der Waals surface area contributed by atoms with Gasteiger partial charge in [0.25, 0.3) is 0 Å². The Bertz CT molecular complexity index is 532. The molecule has 1 aliphatic rings. The maximum atomic E-state index is 11.8. The molecule has 0 aliphatic carbocycles. The van der Waals surface area contributed by atoms with Crippen LogP contribution in [0.25, 0.3) is 0 Å². The van der Waals surface area contributed by atoms with Crippen molar-refractivity contribution >= 4 is 11.9 Å². The number of likely N-dealkylation sites (tertiary alicyclic amines) is 1. The average Bonchev–Trinajstić information content (AvgIpc) is 2.97. The molecule has 2 heterocycles. The van der Waals surface area contributed by atoms with Gasteiger partial charge < -0.3 is 15.0 Å². The molecule has 0 aromatic carbocycles. The molecule has 0 saturated carbocycles. The highest BCUT2D eigenvalue weighted by atomic mass is 16.5. The minimum Gasteiger partial charge on any atom is -0.466 e. The minimum atomic E-state index is -0.0658. The lowest BCUT2D eigenvalue weighted by Gasteiger charge is -2.33. The zero-order chi connectivity index (χ0) is 16.7. The highest BCUT2D eigenvalue weighted by molar-refractivity contribution is 5.80. The van der Waals surface area contributed by atoms with Crippen molar-refractivity contribution in [1.82, 2.24) is 20.0 Å². The predicted molar refractivity (Wildman–Crippen MR) is 89.0 cm³/mol. The molecule has 1 fully saturated rings. The summed E-state index contributed by atoms with van der Waals surface area (Å²) in [6.07, 6.45) is 3.41. The third kappa shape index (κ3) is 4.71. The zero-order valence-electron chi connectivity index (χ0n) is 14.3. The fraction of sp³-hybridized carbons (Fsp3) is 0.688. The van der Waals surface area contributed by atoms with Crippen LogP contribution in [0.1, 0.15) is 32.4 Å². The fourth-order valence-electron chi connectivity index (χ4n) is 2.73. The molecule has 1 N–H and O–H groups in total. The van der Waals surface area contributed by atoms with E-state index in [0.717, 1.165) is 44.1 Å². The summed E-state index contributed by atoms with van der Waals surface area (Å²) in [6, 6.07) is 1.97. The van der Waals surface area contributed by atoms with Crippen LogP contribution in [0.15, 0.2) is 17.3 Å². The summed E-state index contributed by atoms with van der Waals surface area (Å²) in [7, 11) is 1.92. The Balaban J connectivity index is 1.94. The quantitative estimate of drug-likeness (QED) is 0.500. The Morgan fingerprint density at radius 2 is 2.17 bits per heavy atom. The van der Waals surface area contributed by atoms with Crippen LogP contribution in [0.5, 0.6) is 0 Å². The largest absolute Gasteiger partial charge is 0.466 e. The molecular formula is C16H27N5O2. The van der Waals surface area contributed by atoms with E-state index in [1.54, 1.807) is 6.20 Å². The van der Waals surface area contributed by atoms with Crippen LogP contribution in [-0.2, 0) is 23.1 Å². The number of guanidine groups is 1. The van der Waals surface area contributed by atoms with Crippen molar-refractivity contribution in [2.24, 2.45) is 18.0 Å². The van der Waals surface area contributed by atoms with Gasteiger partial charge in [-0.15, -0.1) is 0 Å². The molecule has 0 unspecified atom stereocenters. The molecule has 0 amide bonds. The number of nitrogens with one attached hydrogen (secondary N) is 1. The molecule has 0 atom stereocenters. The van der Waals surface area contributed by atoms with Crippen LogP contribution in [0.2, 0.25) is 0 Å². The van der Waals surface area contributed by atoms with E-state index in [9.17, 15) is 4.79 Å². The SMILES string of the molecule is CCNC(=NCc1ccnn1C)N1CCC(C(=O)OCC)CC1. The number of rotatable bonds is 5. The summed E-state index contributed by atoms with van der Waals surface area (Å²) >= 11 is 0. The van der Waals surface area contributed by atoms with Gasteiger partial charge in [0.15, 0.2) is 5.96 Å². The molecule has 23 heavy (non-hydrogen) atoms. The van der Waals surface area contributed by atoms with Crippen LogP contribution in [0, 0.1) is 5.92 Å². The molecule has 1 aliphatic heterocycles. The second-order valence-electron chi connectivity index (χ2n) is 5.63. The van der Waals surface area contributed by atoms with Crippen molar-refractivity contribution in [2.45, 2.75) is 33.2 Å². The first-order valence-electron chi connectivity index (χ1n) is 8.32. The Kier molecular flexibility index (Phi) is 6.43. The van der Waals surface area contributed by atoms with Crippen molar-refractivity contribution in [3.8, 4) is 0 Å². The third-order valence-corrected chi connectivity index (χ3v) is 4.06. The number of aromatic nitrogens is 2. The number of hydrogen-bond acceptors (Lipinski definition) is 4. The van der Waals surface area contributed by atoms with E-state index in [2.05, 4.69) is 22.2 Å². The number of hydrogen-bond donors (Lipinski definition) is 1. The van der Waals surface area contributed by atoms with E-state index in [1.807, 2.05) is 24.7 Å². The van der Waals surface area contributed by atoms with E-state index in [0.29, 0.717) is 13.2 Å². The summed E-state index contributed by atoms with van der Waals surface area (Å²) in [4.78, 5) is 18.7. The summed E-state index contributed by atoms with van der Waals surface area (Å²) in [5.41, 5.74) is 1.07. The van der Waals surface area contributed by atoms with Crippen molar-refractivity contribution in [3.05, 3.63) is 18.0 Å². The van der Waals surface area contributed by atoms with Crippen molar-refractivity contribution in [3.63, 3.8) is 0 Å². The van der Waals surface area contributed by atoms with Gasteiger partial charge in [0.1, 0.15) is 0 Å². The first-order chi connectivity index (χ1) is 11.2.